The van der Waals surface area contributed by atoms with Gasteiger partial charge in [0.1, 0.15) is 0 Å². The van der Waals surface area contributed by atoms with Gasteiger partial charge in [-0.1, -0.05) is 30.3 Å². The van der Waals surface area contributed by atoms with Crippen LogP contribution in [0.25, 0.3) is 0 Å². The van der Waals surface area contributed by atoms with E-state index in [4.69, 9.17) is 0 Å². The van der Waals surface area contributed by atoms with Crippen LogP contribution in [0, 0.1) is 0 Å². The third kappa shape index (κ3) is 3.28. The molecule has 2 aliphatic heterocycles. The number of hydrogen-bond acceptors (Lipinski definition) is 4. The summed E-state index contributed by atoms with van der Waals surface area (Å²) in [5, 5.41) is 5.83. The summed E-state index contributed by atoms with van der Waals surface area (Å²) in [5.74, 6) is 0.216. The molecule has 0 aliphatic carbocycles. The molecular weight excluding hydrogens is 312 g/mol. The molecular formula is C17H24N2O3S. The van der Waals surface area contributed by atoms with E-state index in [2.05, 4.69) is 10.6 Å². The van der Waals surface area contributed by atoms with Crippen molar-refractivity contribution in [2.45, 2.75) is 36.3 Å². The third-order valence-electron chi connectivity index (χ3n) is 5.17. The molecule has 1 aromatic rings. The molecule has 2 heterocycles. The first-order chi connectivity index (χ1) is 11.0. The number of nitrogens with one attached hydrogen (secondary N) is 2. The van der Waals surface area contributed by atoms with Gasteiger partial charge >= 0.3 is 0 Å². The molecule has 6 heteroatoms. The van der Waals surface area contributed by atoms with Gasteiger partial charge in [-0.3, -0.25) is 4.79 Å². The van der Waals surface area contributed by atoms with Gasteiger partial charge < -0.3 is 10.6 Å². The fourth-order valence-corrected chi connectivity index (χ4v) is 5.49. The molecule has 2 aliphatic rings. The lowest BCUT2D eigenvalue weighted by Gasteiger charge is -2.37. The Kier molecular flexibility index (Phi) is 4.73. The highest BCUT2D eigenvalue weighted by Gasteiger charge is 2.42. The van der Waals surface area contributed by atoms with Crippen molar-refractivity contribution in [3.63, 3.8) is 0 Å². The van der Waals surface area contributed by atoms with Crippen molar-refractivity contribution in [1.29, 1.82) is 0 Å². The van der Waals surface area contributed by atoms with E-state index in [0.717, 1.165) is 31.5 Å². The van der Waals surface area contributed by atoms with Crippen molar-refractivity contribution >= 4 is 15.7 Å². The Morgan fingerprint density at radius 2 is 1.91 bits per heavy atom. The van der Waals surface area contributed by atoms with E-state index >= 15 is 0 Å². The maximum absolute atomic E-state index is 13.0. The van der Waals surface area contributed by atoms with Crippen molar-refractivity contribution in [3.8, 4) is 0 Å². The van der Waals surface area contributed by atoms with E-state index < -0.39 is 20.5 Å². The molecule has 1 unspecified atom stereocenters. The van der Waals surface area contributed by atoms with Gasteiger partial charge in [-0.25, -0.2) is 8.42 Å². The van der Waals surface area contributed by atoms with Crippen LogP contribution in [0.3, 0.4) is 0 Å². The first-order valence-electron chi connectivity index (χ1n) is 8.31. The quantitative estimate of drug-likeness (QED) is 0.860. The van der Waals surface area contributed by atoms with Gasteiger partial charge in [0.05, 0.1) is 16.4 Å². The fourth-order valence-electron chi connectivity index (χ4n) is 3.72. The van der Waals surface area contributed by atoms with Crippen molar-refractivity contribution < 1.29 is 13.2 Å². The summed E-state index contributed by atoms with van der Waals surface area (Å²) in [6.07, 6.45) is 2.83. The highest BCUT2D eigenvalue weighted by atomic mass is 32.2. The minimum Gasteiger partial charge on any atom is -0.354 e. The minimum atomic E-state index is -3.02. The molecule has 2 fully saturated rings. The molecule has 1 amide bonds. The number of benzene rings is 1. The molecule has 2 N–H and O–H groups in total. The van der Waals surface area contributed by atoms with Gasteiger partial charge in [0, 0.05) is 6.54 Å². The van der Waals surface area contributed by atoms with E-state index in [1.807, 2.05) is 30.3 Å². The number of carbonyl (C=O) groups is 1. The molecule has 126 valence electrons. The van der Waals surface area contributed by atoms with E-state index in [9.17, 15) is 13.2 Å². The normalized spacial score (nSPS) is 25.8. The van der Waals surface area contributed by atoms with Crippen molar-refractivity contribution in [2.24, 2.45) is 0 Å². The zero-order valence-electron chi connectivity index (χ0n) is 13.3. The second-order valence-corrected chi connectivity index (χ2v) is 8.94. The van der Waals surface area contributed by atoms with Crippen molar-refractivity contribution in [1.82, 2.24) is 10.6 Å². The van der Waals surface area contributed by atoms with E-state index in [1.54, 1.807) is 0 Å². The lowest BCUT2D eigenvalue weighted by molar-refractivity contribution is -0.127. The van der Waals surface area contributed by atoms with Crippen LogP contribution < -0.4 is 10.6 Å². The molecule has 1 atom stereocenters. The first kappa shape index (κ1) is 16.5. The topological polar surface area (TPSA) is 75.3 Å². The van der Waals surface area contributed by atoms with Gasteiger partial charge in [0.2, 0.25) is 5.91 Å². The summed E-state index contributed by atoms with van der Waals surface area (Å²) in [6, 6.07) is 9.84. The summed E-state index contributed by atoms with van der Waals surface area (Å²) in [4.78, 5) is 13.0. The van der Waals surface area contributed by atoms with Crippen LogP contribution in [-0.2, 0) is 20.0 Å². The zero-order chi connectivity index (χ0) is 16.3. The lowest BCUT2D eigenvalue weighted by atomic mass is 9.72. The maximum Gasteiger partial charge on any atom is 0.230 e. The molecule has 3 rings (SSSR count). The predicted molar refractivity (Wildman–Crippen MR) is 90.0 cm³/mol. The van der Waals surface area contributed by atoms with Crippen LogP contribution >= 0.6 is 0 Å². The summed E-state index contributed by atoms with van der Waals surface area (Å²) < 4.78 is 23.9. The Bertz CT molecular complexity index is 652. The largest absolute Gasteiger partial charge is 0.354 e. The van der Waals surface area contributed by atoms with Gasteiger partial charge in [-0.15, -0.1) is 0 Å². The van der Waals surface area contributed by atoms with Gasteiger partial charge in [0.25, 0.3) is 0 Å². The standard InChI is InChI=1S/C17H24N2O3S/c20-16(19-13-15-7-4-12-23(15,21)22)17(8-10-18-11-9-17)14-5-2-1-3-6-14/h1-3,5-6,15,18H,4,7-13H2,(H,19,20). The minimum absolute atomic E-state index is 0.0349. The van der Waals surface area contributed by atoms with Gasteiger partial charge in [-0.2, -0.15) is 0 Å². The Morgan fingerprint density at radius 3 is 2.52 bits per heavy atom. The number of carbonyl (C=O) groups excluding carboxylic acids is 1. The van der Waals surface area contributed by atoms with Crippen LogP contribution in [0.1, 0.15) is 31.2 Å². The molecule has 23 heavy (non-hydrogen) atoms. The number of piperidine rings is 1. The number of hydrogen-bond donors (Lipinski definition) is 2. The van der Waals surface area contributed by atoms with Crippen LogP contribution in [-0.4, -0.2) is 45.0 Å². The number of rotatable bonds is 4. The van der Waals surface area contributed by atoms with E-state index in [0.29, 0.717) is 12.8 Å². The Balaban J connectivity index is 1.76. The SMILES string of the molecule is O=C(NCC1CCCS1(=O)=O)C1(c2ccccc2)CCNCC1. The smallest absolute Gasteiger partial charge is 0.230 e. The Hall–Kier alpha value is -1.40. The van der Waals surface area contributed by atoms with E-state index in [1.165, 1.54) is 0 Å². The molecule has 0 saturated carbocycles. The van der Waals surface area contributed by atoms with Crippen LogP contribution in [0.4, 0.5) is 0 Å². The molecule has 0 aromatic heterocycles. The zero-order valence-corrected chi connectivity index (χ0v) is 14.1. The second kappa shape index (κ2) is 6.61. The predicted octanol–water partition coefficient (Wildman–Crippen LogP) is 1.00. The molecule has 0 spiro atoms. The first-order valence-corrected chi connectivity index (χ1v) is 10.0. The summed E-state index contributed by atoms with van der Waals surface area (Å²) in [7, 11) is -3.02. The summed E-state index contributed by atoms with van der Waals surface area (Å²) >= 11 is 0. The molecule has 0 bridgehead atoms. The summed E-state index contributed by atoms with van der Waals surface area (Å²) in [6.45, 7) is 1.83. The van der Waals surface area contributed by atoms with Crippen LogP contribution in [0.5, 0.6) is 0 Å². The van der Waals surface area contributed by atoms with E-state index in [-0.39, 0.29) is 18.2 Å². The highest BCUT2D eigenvalue weighted by molar-refractivity contribution is 7.92. The molecule has 2 saturated heterocycles. The van der Waals surface area contributed by atoms with Crippen molar-refractivity contribution in [2.75, 3.05) is 25.4 Å². The molecule has 0 radical (unpaired) electrons. The Labute approximate surface area is 137 Å². The fraction of sp³-hybridized carbons (Fsp3) is 0.588. The monoisotopic (exact) mass is 336 g/mol. The lowest BCUT2D eigenvalue weighted by Crippen LogP contribution is -2.52. The number of amides is 1. The molecule has 1 aromatic carbocycles. The van der Waals surface area contributed by atoms with Crippen LogP contribution in [0.15, 0.2) is 30.3 Å². The van der Waals surface area contributed by atoms with Gasteiger partial charge in [0.15, 0.2) is 9.84 Å². The Morgan fingerprint density at radius 1 is 1.22 bits per heavy atom. The summed E-state index contributed by atoms with van der Waals surface area (Å²) in [5.41, 5.74) is 0.475. The molecule has 5 nitrogen and oxygen atoms in total. The second-order valence-electron chi connectivity index (χ2n) is 6.54. The average molecular weight is 336 g/mol. The third-order valence-corrected chi connectivity index (χ3v) is 7.45. The van der Waals surface area contributed by atoms with Crippen molar-refractivity contribution in [3.05, 3.63) is 35.9 Å². The highest BCUT2D eigenvalue weighted by Crippen LogP contribution is 2.34. The average Bonchev–Trinajstić information content (AvgIpc) is 2.92. The maximum atomic E-state index is 13.0. The van der Waals surface area contributed by atoms with Gasteiger partial charge in [-0.05, 0) is 44.3 Å². The van der Waals surface area contributed by atoms with Crippen LogP contribution in [0.2, 0.25) is 0 Å². The number of sulfone groups is 1.